The molecule has 0 aromatic heterocycles. The second kappa shape index (κ2) is 6.50. The summed E-state index contributed by atoms with van der Waals surface area (Å²) in [7, 11) is 0. The lowest BCUT2D eigenvalue weighted by molar-refractivity contribution is -0.274. The van der Waals surface area contributed by atoms with Crippen molar-refractivity contribution in [3.05, 3.63) is 64.1 Å². The van der Waals surface area contributed by atoms with Crippen molar-refractivity contribution in [1.29, 1.82) is 0 Å². The van der Waals surface area contributed by atoms with Gasteiger partial charge in [-0.25, -0.2) is 0 Å². The Labute approximate surface area is 132 Å². The summed E-state index contributed by atoms with van der Waals surface area (Å²) in [6.07, 6.45) is -6.26. The number of rotatable bonds is 4. The van der Waals surface area contributed by atoms with E-state index in [4.69, 9.17) is 0 Å². The van der Waals surface area contributed by atoms with E-state index in [2.05, 4.69) is 20.7 Å². The summed E-state index contributed by atoms with van der Waals surface area (Å²) in [6.45, 7) is 0. The van der Waals surface area contributed by atoms with Gasteiger partial charge in [0.2, 0.25) is 0 Å². The molecule has 1 unspecified atom stereocenters. The topological polar surface area (TPSA) is 46.5 Å². The van der Waals surface area contributed by atoms with Crippen molar-refractivity contribution in [1.82, 2.24) is 0 Å². The lowest BCUT2D eigenvalue weighted by Gasteiger charge is -2.13. The molecular weight excluding hydrogens is 365 g/mol. The van der Waals surface area contributed by atoms with E-state index >= 15 is 0 Å². The molecule has 0 amide bonds. The monoisotopic (exact) mass is 374 g/mol. The molecule has 0 saturated heterocycles. The van der Waals surface area contributed by atoms with Gasteiger partial charge >= 0.3 is 6.36 Å². The summed E-state index contributed by atoms with van der Waals surface area (Å²) in [4.78, 5) is 12.2. The molecule has 1 N–H and O–H groups in total. The first-order valence-electron chi connectivity index (χ1n) is 6.10. The maximum Gasteiger partial charge on any atom is 0.573 e. The van der Waals surface area contributed by atoms with E-state index in [1.165, 1.54) is 18.2 Å². The van der Waals surface area contributed by atoms with E-state index in [0.29, 0.717) is 4.47 Å². The van der Waals surface area contributed by atoms with E-state index in [9.17, 15) is 23.1 Å². The van der Waals surface area contributed by atoms with Crippen molar-refractivity contribution in [3.8, 4) is 5.75 Å². The first kappa shape index (κ1) is 16.5. The summed E-state index contributed by atoms with van der Waals surface area (Å²) < 4.78 is 40.4. The molecule has 2 aromatic rings. The van der Waals surface area contributed by atoms with Crippen LogP contribution in [-0.4, -0.2) is 17.3 Å². The van der Waals surface area contributed by atoms with Crippen LogP contribution < -0.4 is 4.74 Å². The van der Waals surface area contributed by atoms with Crippen LogP contribution in [-0.2, 0) is 0 Å². The largest absolute Gasteiger partial charge is 0.573 e. The van der Waals surface area contributed by atoms with E-state index in [1.807, 2.05) is 0 Å². The van der Waals surface area contributed by atoms with Gasteiger partial charge in [-0.15, -0.1) is 13.2 Å². The number of hydrogen-bond donors (Lipinski definition) is 1. The van der Waals surface area contributed by atoms with Crippen LogP contribution >= 0.6 is 15.9 Å². The smallest absolute Gasteiger partial charge is 0.406 e. The summed E-state index contributed by atoms with van der Waals surface area (Å²) in [5.74, 6) is -0.978. The SMILES string of the molecule is O=C(c1ccccc1Br)C(O)c1ccc(OC(F)(F)F)cc1. The molecule has 0 fully saturated rings. The molecule has 7 heteroatoms. The van der Waals surface area contributed by atoms with E-state index < -0.39 is 24.0 Å². The van der Waals surface area contributed by atoms with Crippen LogP contribution in [0.2, 0.25) is 0 Å². The Kier molecular flexibility index (Phi) is 4.87. The van der Waals surface area contributed by atoms with E-state index in [-0.39, 0.29) is 11.1 Å². The van der Waals surface area contributed by atoms with Gasteiger partial charge in [-0.1, -0.05) is 46.3 Å². The Morgan fingerprint density at radius 1 is 1.09 bits per heavy atom. The maximum absolute atomic E-state index is 12.2. The number of Topliss-reactive ketones (excluding diaryl/α,β-unsaturated/α-hetero) is 1. The van der Waals surface area contributed by atoms with Gasteiger partial charge in [0.15, 0.2) is 5.78 Å². The van der Waals surface area contributed by atoms with Crippen LogP contribution in [0.1, 0.15) is 22.0 Å². The number of carbonyl (C=O) groups excluding carboxylic acids is 1. The van der Waals surface area contributed by atoms with Gasteiger partial charge in [0.05, 0.1) is 0 Å². The van der Waals surface area contributed by atoms with Gasteiger partial charge in [0.1, 0.15) is 11.9 Å². The number of aliphatic hydroxyl groups excluding tert-OH is 1. The molecule has 1 atom stereocenters. The third-order valence-corrected chi connectivity index (χ3v) is 3.51. The lowest BCUT2D eigenvalue weighted by Crippen LogP contribution is -2.17. The fourth-order valence-electron chi connectivity index (χ4n) is 1.81. The predicted molar refractivity (Wildman–Crippen MR) is 76.6 cm³/mol. The van der Waals surface area contributed by atoms with Crippen molar-refractivity contribution in [2.75, 3.05) is 0 Å². The number of carbonyl (C=O) groups is 1. The van der Waals surface area contributed by atoms with Crippen molar-refractivity contribution in [2.24, 2.45) is 0 Å². The van der Waals surface area contributed by atoms with Crippen LogP contribution in [0.5, 0.6) is 5.75 Å². The Bertz CT molecular complexity index is 668. The average Bonchev–Trinajstić information content (AvgIpc) is 2.45. The maximum atomic E-state index is 12.2. The van der Waals surface area contributed by atoms with E-state index in [0.717, 1.165) is 12.1 Å². The molecule has 2 aromatic carbocycles. The highest BCUT2D eigenvalue weighted by atomic mass is 79.9. The molecule has 22 heavy (non-hydrogen) atoms. The normalized spacial score (nSPS) is 12.8. The van der Waals surface area contributed by atoms with Crippen LogP contribution in [0.25, 0.3) is 0 Å². The highest BCUT2D eigenvalue weighted by molar-refractivity contribution is 9.10. The Hall–Kier alpha value is -1.86. The predicted octanol–water partition coefficient (Wildman–Crippen LogP) is 4.26. The molecule has 0 saturated carbocycles. The van der Waals surface area contributed by atoms with Gasteiger partial charge in [-0.2, -0.15) is 0 Å². The third kappa shape index (κ3) is 4.08. The number of ketones is 1. The Balaban J connectivity index is 2.18. The van der Waals surface area contributed by atoms with Crippen LogP contribution in [0.4, 0.5) is 13.2 Å². The van der Waals surface area contributed by atoms with Crippen LogP contribution in [0.3, 0.4) is 0 Å². The first-order chi connectivity index (χ1) is 10.3. The number of aliphatic hydroxyl groups is 1. The molecule has 0 aliphatic rings. The molecule has 0 heterocycles. The minimum Gasteiger partial charge on any atom is -0.406 e. The second-order valence-electron chi connectivity index (χ2n) is 4.36. The molecule has 3 nitrogen and oxygen atoms in total. The van der Waals surface area contributed by atoms with Gasteiger partial charge in [0.25, 0.3) is 0 Å². The van der Waals surface area contributed by atoms with Gasteiger partial charge in [0, 0.05) is 10.0 Å². The van der Waals surface area contributed by atoms with Crippen molar-refractivity contribution in [2.45, 2.75) is 12.5 Å². The number of hydrogen-bond acceptors (Lipinski definition) is 3. The third-order valence-electron chi connectivity index (χ3n) is 2.82. The molecule has 0 spiro atoms. The van der Waals surface area contributed by atoms with Crippen molar-refractivity contribution in [3.63, 3.8) is 0 Å². The molecule has 0 bridgehead atoms. The zero-order valence-corrected chi connectivity index (χ0v) is 12.6. The molecule has 0 aliphatic heterocycles. The van der Waals surface area contributed by atoms with Crippen LogP contribution in [0, 0.1) is 0 Å². The second-order valence-corrected chi connectivity index (χ2v) is 5.22. The molecule has 116 valence electrons. The summed E-state index contributed by atoms with van der Waals surface area (Å²) >= 11 is 3.21. The number of benzene rings is 2. The lowest BCUT2D eigenvalue weighted by atomic mass is 10.00. The van der Waals surface area contributed by atoms with Crippen molar-refractivity contribution >= 4 is 21.7 Å². The molecular formula is C15H10BrF3O3. The molecule has 0 aliphatic carbocycles. The number of ether oxygens (including phenoxy) is 1. The van der Waals surface area contributed by atoms with Crippen molar-refractivity contribution < 1.29 is 27.8 Å². The zero-order valence-electron chi connectivity index (χ0n) is 11.0. The summed E-state index contributed by atoms with van der Waals surface area (Å²) in [6, 6.07) is 11.1. The minimum absolute atomic E-state index is 0.176. The van der Waals surface area contributed by atoms with Gasteiger partial charge in [-0.3, -0.25) is 4.79 Å². The van der Waals surface area contributed by atoms with Crippen LogP contribution in [0.15, 0.2) is 53.0 Å². The minimum atomic E-state index is -4.79. The standard InChI is InChI=1S/C15H10BrF3O3/c16-12-4-2-1-3-11(12)14(21)13(20)9-5-7-10(8-6-9)22-15(17,18)19/h1-8,13,20H. The first-order valence-corrected chi connectivity index (χ1v) is 6.90. The fourth-order valence-corrected chi connectivity index (χ4v) is 2.29. The average molecular weight is 375 g/mol. The Morgan fingerprint density at radius 3 is 2.23 bits per heavy atom. The summed E-state index contributed by atoms with van der Waals surface area (Å²) in [5, 5.41) is 10.1. The fraction of sp³-hybridized carbons (Fsp3) is 0.133. The van der Waals surface area contributed by atoms with E-state index in [1.54, 1.807) is 18.2 Å². The number of halogens is 4. The highest BCUT2D eigenvalue weighted by Crippen LogP contribution is 2.27. The highest BCUT2D eigenvalue weighted by Gasteiger charge is 2.31. The van der Waals surface area contributed by atoms with Gasteiger partial charge < -0.3 is 9.84 Å². The van der Waals surface area contributed by atoms with Gasteiger partial charge in [-0.05, 0) is 23.8 Å². The number of alkyl halides is 3. The molecule has 2 rings (SSSR count). The Morgan fingerprint density at radius 2 is 1.68 bits per heavy atom. The summed E-state index contributed by atoms with van der Waals surface area (Å²) in [5.41, 5.74) is 0.459. The quantitative estimate of drug-likeness (QED) is 0.813. The molecule has 0 radical (unpaired) electrons. The zero-order chi connectivity index (χ0) is 16.3.